The molecule has 0 atom stereocenters. The summed E-state index contributed by atoms with van der Waals surface area (Å²) >= 11 is 5.00. The first-order valence-electron chi connectivity index (χ1n) is 5.43. The number of likely N-dealkylation sites (N-methyl/N-ethyl adjacent to an activating group) is 1. The van der Waals surface area contributed by atoms with Crippen LogP contribution in [0.3, 0.4) is 0 Å². The van der Waals surface area contributed by atoms with Crippen molar-refractivity contribution in [2.45, 2.75) is 32.2 Å². The third kappa shape index (κ3) is 2.24. The molecule has 1 heterocycles. The third-order valence-electron chi connectivity index (χ3n) is 3.31. The average molecular weight is 304 g/mol. The van der Waals surface area contributed by atoms with Gasteiger partial charge in [-0.05, 0) is 42.9 Å². The van der Waals surface area contributed by atoms with Gasteiger partial charge < -0.3 is 0 Å². The summed E-state index contributed by atoms with van der Waals surface area (Å²) in [5.74, 6) is 0.218. The Morgan fingerprint density at radius 3 is 2.25 bits per heavy atom. The molecule has 0 aliphatic rings. The largest absolute Gasteiger partial charge is 0.297 e. The van der Waals surface area contributed by atoms with Crippen LogP contribution < -0.4 is 0 Å². The SMILES string of the molecule is CCC(CC)(C(=O)c1cscc1Br)N(C)C. The zero-order valence-electron chi connectivity index (χ0n) is 10.2. The first-order chi connectivity index (χ1) is 7.49. The van der Waals surface area contributed by atoms with Gasteiger partial charge in [0.25, 0.3) is 0 Å². The number of thiophene rings is 1. The molecule has 1 rings (SSSR count). The van der Waals surface area contributed by atoms with E-state index >= 15 is 0 Å². The lowest BCUT2D eigenvalue weighted by Crippen LogP contribution is -2.50. The van der Waals surface area contributed by atoms with E-state index < -0.39 is 0 Å². The van der Waals surface area contributed by atoms with Crippen molar-refractivity contribution in [2.75, 3.05) is 14.1 Å². The molecule has 0 aliphatic carbocycles. The molecule has 0 bridgehead atoms. The summed E-state index contributed by atoms with van der Waals surface area (Å²) in [5.41, 5.74) is 0.436. The maximum atomic E-state index is 12.6. The zero-order chi connectivity index (χ0) is 12.3. The zero-order valence-corrected chi connectivity index (χ0v) is 12.6. The first kappa shape index (κ1) is 13.9. The fourth-order valence-corrected chi connectivity index (χ4v) is 3.56. The first-order valence-corrected chi connectivity index (χ1v) is 7.17. The molecule has 4 heteroatoms. The number of nitrogens with zero attached hydrogens (tertiary/aromatic N) is 1. The van der Waals surface area contributed by atoms with Crippen molar-refractivity contribution in [3.05, 3.63) is 20.8 Å². The number of halogens is 1. The van der Waals surface area contributed by atoms with Gasteiger partial charge in [-0.3, -0.25) is 9.69 Å². The minimum absolute atomic E-state index is 0.218. The maximum absolute atomic E-state index is 12.6. The molecule has 0 radical (unpaired) electrons. The molecule has 1 aromatic rings. The molecule has 0 N–H and O–H groups in total. The molecule has 0 spiro atoms. The molecule has 16 heavy (non-hydrogen) atoms. The number of ketones is 1. The Morgan fingerprint density at radius 2 is 1.94 bits per heavy atom. The summed E-state index contributed by atoms with van der Waals surface area (Å²) in [7, 11) is 3.95. The highest BCUT2D eigenvalue weighted by Gasteiger charge is 2.38. The lowest BCUT2D eigenvalue weighted by molar-refractivity contribution is 0.0656. The molecular weight excluding hydrogens is 286 g/mol. The fourth-order valence-electron chi connectivity index (χ4n) is 2.10. The van der Waals surface area contributed by atoms with Crippen molar-refractivity contribution >= 4 is 33.0 Å². The predicted molar refractivity (Wildman–Crippen MR) is 73.3 cm³/mol. The van der Waals surface area contributed by atoms with Crippen LogP contribution in [0.2, 0.25) is 0 Å². The average Bonchev–Trinajstić information content (AvgIpc) is 2.66. The van der Waals surface area contributed by atoms with Crippen LogP contribution >= 0.6 is 27.3 Å². The van der Waals surface area contributed by atoms with Crippen molar-refractivity contribution in [2.24, 2.45) is 0 Å². The van der Waals surface area contributed by atoms with Crippen LogP contribution in [0.25, 0.3) is 0 Å². The minimum Gasteiger partial charge on any atom is -0.297 e. The topological polar surface area (TPSA) is 20.3 Å². The second-order valence-electron chi connectivity index (χ2n) is 4.10. The quantitative estimate of drug-likeness (QED) is 0.771. The predicted octanol–water partition coefficient (Wildman–Crippen LogP) is 3.81. The van der Waals surface area contributed by atoms with Crippen molar-refractivity contribution in [1.29, 1.82) is 0 Å². The van der Waals surface area contributed by atoms with E-state index in [1.54, 1.807) is 11.3 Å². The van der Waals surface area contributed by atoms with Gasteiger partial charge in [-0.15, -0.1) is 0 Å². The van der Waals surface area contributed by atoms with Gasteiger partial charge in [0.05, 0.1) is 5.54 Å². The monoisotopic (exact) mass is 303 g/mol. The van der Waals surface area contributed by atoms with Crippen molar-refractivity contribution in [3.63, 3.8) is 0 Å². The Kier molecular flexibility index (Phi) is 4.71. The Morgan fingerprint density at radius 1 is 1.38 bits per heavy atom. The van der Waals surface area contributed by atoms with E-state index in [0.29, 0.717) is 0 Å². The van der Waals surface area contributed by atoms with Gasteiger partial charge in [-0.1, -0.05) is 13.8 Å². The van der Waals surface area contributed by atoms with Gasteiger partial charge in [-0.2, -0.15) is 11.3 Å². The summed E-state index contributed by atoms with van der Waals surface area (Å²) in [4.78, 5) is 14.6. The lowest BCUT2D eigenvalue weighted by atomic mass is 9.84. The van der Waals surface area contributed by atoms with Crippen molar-refractivity contribution < 1.29 is 4.79 Å². The molecular formula is C12H18BrNOS. The minimum atomic E-state index is -0.371. The molecule has 0 aromatic carbocycles. The van der Waals surface area contributed by atoms with Crippen molar-refractivity contribution in [3.8, 4) is 0 Å². The van der Waals surface area contributed by atoms with Gasteiger partial charge in [-0.25, -0.2) is 0 Å². The molecule has 0 aliphatic heterocycles. The molecule has 0 fully saturated rings. The normalized spacial score (nSPS) is 12.1. The molecule has 0 saturated carbocycles. The molecule has 0 amide bonds. The molecule has 0 saturated heterocycles. The van der Waals surface area contributed by atoms with Crippen LogP contribution in [0.5, 0.6) is 0 Å². The maximum Gasteiger partial charge on any atom is 0.184 e. The summed E-state index contributed by atoms with van der Waals surface area (Å²) in [6.07, 6.45) is 1.66. The Balaban J connectivity index is 3.15. The van der Waals surface area contributed by atoms with Crippen LogP contribution in [0.15, 0.2) is 15.2 Å². The number of rotatable bonds is 5. The van der Waals surface area contributed by atoms with Gasteiger partial charge >= 0.3 is 0 Å². The molecule has 1 aromatic heterocycles. The fraction of sp³-hybridized carbons (Fsp3) is 0.583. The number of carbonyl (C=O) groups is 1. The van der Waals surface area contributed by atoms with Gasteiger partial charge in [0.2, 0.25) is 0 Å². The Hall–Kier alpha value is -0.190. The van der Waals surface area contributed by atoms with Crippen LogP contribution in [0.4, 0.5) is 0 Å². The molecule has 90 valence electrons. The second kappa shape index (κ2) is 5.43. The van der Waals surface area contributed by atoms with E-state index in [1.807, 2.05) is 29.8 Å². The smallest absolute Gasteiger partial charge is 0.184 e. The van der Waals surface area contributed by atoms with E-state index in [4.69, 9.17) is 0 Å². The summed E-state index contributed by atoms with van der Waals surface area (Å²) in [6.45, 7) is 4.14. The van der Waals surface area contributed by atoms with Crippen molar-refractivity contribution in [1.82, 2.24) is 4.90 Å². The number of hydrogen-bond acceptors (Lipinski definition) is 3. The Labute approximate surface area is 110 Å². The standard InChI is InChI=1S/C12H18BrNOS/c1-5-12(6-2,14(3)4)11(15)9-7-16-8-10(9)13/h7-8H,5-6H2,1-4H3. The summed E-state index contributed by atoms with van der Waals surface area (Å²) < 4.78 is 0.913. The Bertz CT molecular complexity index is 369. The van der Waals surface area contributed by atoms with Gasteiger partial charge in [0, 0.05) is 20.8 Å². The van der Waals surface area contributed by atoms with E-state index in [2.05, 4.69) is 29.8 Å². The third-order valence-corrected chi connectivity index (χ3v) is 5.01. The van der Waals surface area contributed by atoms with Crippen LogP contribution in [0.1, 0.15) is 37.0 Å². The van der Waals surface area contributed by atoms with Crippen LogP contribution in [-0.4, -0.2) is 30.3 Å². The second-order valence-corrected chi connectivity index (χ2v) is 5.69. The highest BCUT2D eigenvalue weighted by atomic mass is 79.9. The number of hydrogen-bond donors (Lipinski definition) is 0. The lowest BCUT2D eigenvalue weighted by Gasteiger charge is -2.36. The van der Waals surface area contributed by atoms with Gasteiger partial charge in [0.1, 0.15) is 0 Å². The van der Waals surface area contributed by atoms with Gasteiger partial charge in [0.15, 0.2) is 5.78 Å². The highest BCUT2D eigenvalue weighted by Crippen LogP contribution is 2.31. The molecule has 0 unspecified atom stereocenters. The number of carbonyl (C=O) groups excluding carboxylic acids is 1. The van der Waals surface area contributed by atoms with Crippen LogP contribution in [-0.2, 0) is 0 Å². The number of Topliss-reactive ketones (excluding diaryl/α,β-unsaturated/α-hetero) is 1. The van der Waals surface area contributed by atoms with E-state index in [9.17, 15) is 4.79 Å². The van der Waals surface area contributed by atoms with Crippen LogP contribution in [0, 0.1) is 0 Å². The highest BCUT2D eigenvalue weighted by molar-refractivity contribution is 9.10. The van der Waals surface area contributed by atoms with E-state index in [-0.39, 0.29) is 11.3 Å². The summed E-state index contributed by atoms with van der Waals surface area (Å²) in [5, 5.41) is 3.88. The van der Waals surface area contributed by atoms with E-state index in [1.165, 1.54) is 0 Å². The van der Waals surface area contributed by atoms with E-state index in [0.717, 1.165) is 22.9 Å². The molecule has 2 nitrogen and oxygen atoms in total. The summed E-state index contributed by atoms with van der Waals surface area (Å²) in [6, 6.07) is 0.